The summed E-state index contributed by atoms with van der Waals surface area (Å²) in [6.07, 6.45) is -3.02. The number of halogens is 4. The van der Waals surface area contributed by atoms with Crippen LogP contribution >= 0.6 is 0 Å². The van der Waals surface area contributed by atoms with Gasteiger partial charge >= 0.3 is 0 Å². The highest BCUT2D eigenvalue weighted by atomic mass is 19.3. The molecule has 0 saturated carbocycles. The maximum atomic E-state index is 13.5. The molecule has 0 aliphatic rings. The molecule has 0 saturated heterocycles. The number of nitrogens with zero attached hydrogens (tertiary/aromatic N) is 1. The zero-order valence-electron chi connectivity index (χ0n) is 9.11. The molecule has 1 rings (SSSR count). The van der Waals surface area contributed by atoms with Gasteiger partial charge in [0.05, 0.1) is 11.3 Å². The van der Waals surface area contributed by atoms with Crippen LogP contribution in [0.2, 0.25) is 0 Å². The van der Waals surface area contributed by atoms with Gasteiger partial charge in [-0.05, 0) is 26.0 Å². The first-order valence-electron chi connectivity index (χ1n) is 5.03. The van der Waals surface area contributed by atoms with Crippen molar-refractivity contribution in [2.75, 3.05) is 18.0 Å². The molecular formula is C11H13F4N. The van der Waals surface area contributed by atoms with Gasteiger partial charge in [-0.25, -0.2) is 17.6 Å². The first kappa shape index (κ1) is 12.8. The molecule has 0 radical (unpaired) electrons. The van der Waals surface area contributed by atoms with Crippen molar-refractivity contribution in [3.05, 3.63) is 29.3 Å². The van der Waals surface area contributed by atoms with Gasteiger partial charge < -0.3 is 4.90 Å². The summed E-state index contributed by atoms with van der Waals surface area (Å²) < 4.78 is 52.0. The summed E-state index contributed by atoms with van der Waals surface area (Å²) in [5.41, 5.74) is -1.19. The van der Waals surface area contributed by atoms with Crippen LogP contribution in [0.4, 0.5) is 23.2 Å². The number of alkyl halides is 2. The van der Waals surface area contributed by atoms with Gasteiger partial charge in [0.15, 0.2) is 0 Å². The molecule has 0 aliphatic carbocycles. The van der Waals surface area contributed by atoms with Crippen molar-refractivity contribution < 1.29 is 17.6 Å². The third-order valence-corrected chi connectivity index (χ3v) is 2.41. The van der Waals surface area contributed by atoms with E-state index < -0.39 is 23.6 Å². The summed E-state index contributed by atoms with van der Waals surface area (Å²) in [5, 5.41) is 0. The van der Waals surface area contributed by atoms with E-state index in [0.29, 0.717) is 13.1 Å². The molecule has 5 heteroatoms. The molecule has 0 amide bonds. The second kappa shape index (κ2) is 5.18. The fourth-order valence-electron chi connectivity index (χ4n) is 1.63. The smallest absolute Gasteiger partial charge is 0.268 e. The highest BCUT2D eigenvalue weighted by molar-refractivity contribution is 5.56. The van der Waals surface area contributed by atoms with Gasteiger partial charge in [0, 0.05) is 13.1 Å². The number of rotatable bonds is 4. The van der Waals surface area contributed by atoms with E-state index in [1.165, 1.54) is 4.90 Å². The van der Waals surface area contributed by atoms with Crippen molar-refractivity contribution in [1.82, 2.24) is 0 Å². The minimum atomic E-state index is -3.02. The van der Waals surface area contributed by atoms with Gasteiger partial charge in [0.1, 0.15) is 11.6 Å². The molecule has 1 aromatic carbocycles. The minimum Gasteiger partial charge on any atom is -0.369 e. The van der Waals surface area contributed by atoms with Gasteiger partial charge in [-0.15, -0.1) is 0 Å². The molecule has 0 fully saturated rings. The Morgan fingerprint density at radius 1 is 1.06 bits per heavy atom. The summed E-state index contributed by atoms with van der Waals surface area (Å²) in [6, 6.07) is 1.60. The van der Waals surface area contributed by atoms with Crippen molar-refractivity contribution in [3.8, 4) is 0 Å². The molecule has 16 heavy (non-hydrogen) atoms. The van der Waals surface area contributed by atoms with Gasteiger partial charge in [-0.3, -0.25) is 0 Å². The molecule has 90 valence electrons. The number of hydrogen-bond acceptors (Lipinski definition) is 1. The topological polar surface area (TPSA) is 3.24 Å². The van der Waals surface area contributed by atoms with Gasteiger partial charge in [0.25, 0.3) is 6.43 Å². The van der Waals surface area contributed by atoms with E-state index in [1.54, 1.807) is 13.8 Å². The van der Waals surface area contributed by atoms with Crippen molar-refractivity contribution in [3.63, 3.8) is 0 Å². The van der Waals surface area contributed by atoms with Crippen LogP contribution < -0.4 is 4.90 Å². The summed E-state index contributed by atoms with van der Waals surface area (Å²) in [6.45, 7) is 4.08. The maximum Gasteiger partial charge on any atom is 0.268 e. The largest absolute Gasteiger partial charge is 0.369 e. The normalized spacial score (nSPS) is 10.9. The first-order valence-corrected chi connectivity index (χ1v) is 5.03. The lowest BCUT2D eigenvalue weighted by atomic mass is 10.1. The zero-order valence-corrected chi connectivity index (χ0v) is 9.11. The average molecular weight is 235 g/mol. The second-order valence-electron chi connectivity index (χ2n) is 3.26. The Balaban J connectivity index is 3.38. The van der Waals surface area contributed by atoms with E-state index >= 15 is 0 Å². The van der Waals surface area contributed by atoms with Crippen molar-refractivity contribution in [1.29, 1.82) is 0 Å². The fourth-order valence-corrected chi connectivity index (χ4v) is 1.63. The average Bonchev–Trinajstić information content (AvgIpc) is 2.24. The minimum absolute atomic E-state index is 0.333. The molecule has 0 aliphatic heterocycles. The standard InChI is InChI=1S/C11H13F4N/c1-3-16(4-2)10-8(13)6-5-7(12)9(10)11(14)15/h5-6,11H,3-4H2,1-2H3. The Kier molecular flexibility index (Phi) is 4.15. The van der Waals surface area contributed by atoms with E-state index in [-0.39, 0.29) is 5.69 Å². The van der Waals surface area contributed by atoms with Crippen molar-refractivity contribution in [2.45, 2.75) is 20.3 Å². The zero-order chi connectivity index (χ0) is 12.3. The lowest BCUT2D eigenvalue weighted by molar-refractivity contribution is 0.146. The van der Waals surface area contributed by atoms with Crippen molar-refractivity contribution >= 4 is 5.69 Å². The van der Waals surface area contributed by atoms with E-state index in [0.717, 1.165) is 12.1 Å². The summed E-state index contributed by atoms with van der Waals surface area (Å²) in [7, 11) is 0. The predicted octanol–water partition coefficient (Wildman–Crippen LogP) is 3.75. The Morgan fingerprint density at radius 2 is 1.56 bits per heavy atom. The van der Waals surface area contributed by atoms with Crippen LogP contribution in [0.15, 0.2) is 12.1 Å². The lowest BCUT2D eigenvalue weighted by Gasteiger charge is -2.24. The second-order valence-corrected chi connectivity index (χ2v) is 3.26. The maximum absolute atomic E-state index is 13.5. The Hall–Kier alpha value is -1.26. The predicted molar refractivity (Wildman–Crippen MR) is 54.9 cm³/mol. The van der Waals surface area contributed by atoms with E-state index in [4.69, 9.17) is 0 Å². The Bertz CT molecular complexity index is 361. The number of benzene rings is 1. The van der Waals surface area contributed by atoms with Gasteiger partial charge in [-0.1, -0.05) is 0 Å². The summed E-state index contributed by atoms with van der Waals surface area (Å²) >= 11 is 0. The molecular weight excluding hydrogens is 222 g/mol. The Labute approximate surface area is 91.7 Å². The first-order chi connectivity index (χ1) is 7.52. The molecule has 0 bridgehead atoms. The molecule has 0 unspecified atom stereocenters. The highest BCUT2D eigenvalue weighted by Crippen LogP contribution is 2.34. The quantitative estimate of drug-likeness (QED) is 0.718. The highest BCUT2D eigenvalue weighted by Gasteiger charge is 2.24. The van der Waals surface area contributed by atoms with Crippen LogP contribution in [0.25, 0.3) is 0 Å². The van der Waals surface area contributed by atoms with Crippen LogP contribution in [0.3, 0.4) is 0 Å². The molecule has 0 heterocycles. The number of anilines is 1. The van der Waals surface area contributed by atoms with Crippen LogP contribution in [0.5, 0.6) is 0 Å². The SMILES string of the molecule is CCN(CC)c1c(F)ccc(F)c1C(F)F. The molecule has 0 aromatic heterocycles. The molecule has 0 atom stereocenters. The van der Waals surface area contributed by atoms with E-state index in [2.05, 4.69) is 0 Å². The summed E-state index contributed by atoms with van der Waals surface area (Å²) in [4.78, 5) is 1.37. The molecule has 1 nitrogen and oxygen atoms in total. The van der Waals surface area contributed by atoms with Gasteiger partial charge in [-0.2, -0.15) is 0 Å². The monoisotopic (exact) mass is 235 g/mol. The van der Waals surface area contributed by atoms with E-state index in [1.807, 2.05) is 0 Å². The third kappa shape index (κ3) is 2.28. The van der Waals surface area contributed by atoms with Crippen LogP contribution in [0, 0.1) is 11.6 Å². The Morgan fingerprint density at radius 3 is 2.00 bits per heavy atom. The van der Waals surface area contributed by atoms with Crippen LogP contribution in [0.1, 0.15) is 25.8 Å². The third-order valence-electron chi connectivity index (χ3n) is 2.41. The van der Waals surface area contributed by atoms with Crippen molar-refractivity contribution in [2.24, 2.45) is 0 Å². The van der Waals surface area contributed by atoms with E-state index in [9.17, 15) is 17.6 Å². The molecule has 0 spiro atoms. The summed E-state index contributed by atoms with van der Waals surface area (Å²) in [5.74, 6) is -1.89. The molecule has 0 N–H and O–H groups in total. The number of hydrogen-bond donors (Lipinski definition) is 0. The lowest BCUT2D eigenvalue weighted by Crippen LogP contribution is -2.25. The molecule has 1 aromatic rings. The van der Waals surface area contributed by atoms with Gasteiger partial charge in [0.2, 0.25) is 0 Å². The fraction of sp³-hybridized carbons (Fsp3) is 0.455. The van der Waals surface area contributed by atoms with Crippen LogP contribution in [-0.2, 0) is 0 Å². The van der Waals surface area contributed by atoms with Crippen LogP contribution in [-0.4, -0.2) is 13.1 Å².